The summed E-state index contributed by atoms with van der Waals surface area (Å²) in [4.78, 5) is 14.0. The lowest BCUT2D eigenvalue weighted by atomic mass is 10.1. The molecule has 0 heterocycles. The quantitative estimate of drug-likeness (QED) is 0.759. The predicted molar refractivity (Wildman–Crippen MR) is 86.3 cm³/mol. The van der Waals surface area contributed by atoms with E-state index in [9.17, 15) is 4.79 Å². The van der Waals surface area contributed by atoms with Gasteiger partial charge in [0.2, 0.25) is 0 Å². The van der Waals surface area contributed by atoms with Crippen LogP contribution in [0.25, 0.3) is 0 Å². The van der Waals surface area contributed by atoms with Crippen LogP contribution in [0, 0.1) is 3.57 Å². The van der Waals surface area contributed by atoms with Crippen molar-refractivity contribution in [2.75, 3.05) is 13.6 Å². The Kier molecular flexibility index (Phi) is 4.96. The molecule has 0 aromatic heterocycles. The first-order valence-electron chi connectivity index (χ1n) is 6.22. The standard InChI is InChI=1S/C16H16INO/c1-18(11-10-13-6-3-2-4-7-13)16(19)14-8-5-9-15(17)12-14/h2-9,12H,10-11H2,1H3. The molecule has 2 nitrogen and oxygen atoms in total. The molecule has 0 spiro atoms. The van der Waals surface area contributed by atoms with Gasteiger partial charge in [0.1, 0.15) is 0 Å². The molecule has 98 valence electrons. The first kappa shape index (κ1) is 14.1. The maximum absolute atomic E-state index is 12.2. The van der Waals surface area contributed by atoms with E-state index in [-0.39, 0.29) is 5.91 Å². The van der Waals surface area contributed by atoms with Crippen molar-refractivity contribution in [3.8, 4) is 0 Å². The largest absolute Gasteiger partial charge is 0.341 e. The second-order valence-corrected chi connectivity index (χ2v) is 5.72. The number of rotatable bonds is 4. The van der Waals surface area contributed by atoms with Crippen molar-refractivity contribution in [1.82, 2.24) is 4.90 Å². The Balaban J connectivity index is 1.96. The number of benzene rings is 2. The van der Waals surface area contributed by atoms with Gasteiger partial charge in [-0.15, -0.1) is 0 Å². The fourth-order valence-corrected chi connectivity index (χ4v) is 2.43. The molecule has 2 aromatic rings. The molecule has 0 unspecified atom stereocenters. The summed E-state index contributed by atoms with van der Waals surface area (Å²) in [5, 5.41) is 0. The zero-order valence-electron chi connectivity index (χ0n) is 10.8. The molecule has 0 atom stereocenters. The van der Waals surface area contributed by atoms with Gasteiger partial charge in [0.25, 0.3) is 5.91 Å². The summed E-state index contributed by atoms with van der Waals surface area (Å²) in [7, 11) is 1.85. The molecule has 0 saturated carbocycles. The van der Waals surface area contributed by atoms with Crippen molar-refractivity contribution in [3.05, 3.63) is 69.3 Å². The molecule has 0 bridgehead atoms. The second-order valence-electron chi connectivity index (χ2n) is 4.47. The van der Waals surface area contributed by atoms with Crippen LogP contribution in [0.5, 0.6) is 0 Å². The fraction of sp³-hybridized carbons (Fsp3) is 0.188. The Labute approximate surface area is 127 Å². The van der Waals surface area contributed by atoms with E-state index < -0.39 is 0 Å². The first-order valence-corrected chi connectivity index (χ1v) is 7.29. The monoisotopic (exact) mass is 365 g/mol. The van der Waals surface area contributed by atoms with Crippen molar-refractivity contribution in [2.45, 2.75) is 6.42 Å². The van der Waals surface area contributed by atoms with Gasteiger partial charge < -0.3 is 4.90 Å². The normalized spacial score (nSPS) is 10.2. The van der Waals surface area contributed by atoms with Crippen LogP contribution in [0.1, 0.15) is 15.9 Å². The molecule has 0 N–H and O–H groups in total. The molecule has 2 aromatic carbocycles. The van der Waals surface area contributed by atoms with E-state index in [4.69, 9.17) is 0 Å². The minimum Gasteiger partial charge on any atom is -0.341 e. The van der Waals surface area contributed by atoms with Crippen LogP contribution < -0.4 is 0 Å². The number of halogens is 1. The van der Waals surface area contributed by atoms with Gasteiger partial charge in [0, 0.05) is 22.7 Å². The molecule has 1 amide bonds. The number of carbonyl (C=O) groups excluding carboxylic acids is 1. The Bertz CT molecular complexity index is 554. The van der Waals surface area contributed by atoms with E-state index in [0.29, 0.717) is 0 Å². The predicted octanol–water partition coefficient (Wildman–Crippen LogP) is 3.61. The average molecular weight is 365 g/mol. The highest BCUT2D eigenvalue weighted by Gasteiger charge is 2.11. The van der Waals surface area contributed by atoms with E-state index in [2.05, 4.69) is 34.7 Å². The molecule has 19 heavy (non-hydrogen) atoms. The van der Waals surface area contributed by atoms with Gasteiger partial charge in [0.15, 0.2) is 0 Å². The van der Waals surface area contributed by atoms with Crippen molar-refractivity contribution in [3.63, 3.8) is 0 Å². The number of amides is 1. The molecule has 2 rings (SSSR count). The molecule has 0 aliphatic rings. The summed E-state index contributed by atoms with van der Waals surface area (Å²) < 4.78 is 1.08. The lowest BCUT2D eigenvalue weighted by Crippen LogP contribution is -2.28. The number of carbonyl (C=O) groups is 1. The maximum Gasteiger partial charge on any atom is 0.253 e. The summed E-state index contributed by atoms with van der Waals surface area (Å²) >= 11 is 2.22. The lowest BCUT2D eigenvalue weighted by molar-refractivity contribution is 0.0796. The van der Waals surface area contributed by atoms with Gasteiger partial charge in [-0.1, -0.05) is 36.4 Å². The number of hydrogen-bond acceptors (Lipinski definition) is 1. The Hall–Kier alpha value is -1.36. The van der Waals surface area contributed by atoms with Crippen LogP contribution in [0.3, 0.4) is 0 Å². The van der Waals surface area contributed by atoms with E-state index in [1.165, 1.54) is 5.56 Å². The third-order valence-corrected chi connectivity index (χ3v) is 3.67. The van der Waals surface area contributed by atoms with Crippen LogP contribution in [0.15, 0.2) is 54.6 Å². The summed E-state index contributed by atoms with van der Waals surface area (Å²) in [6.45, 7) is 0.730. The van der Waals surface area contributed by atoms with Crippen molar-refractivity contribution in [2.24, 2.45) is 0 Å². The van der Waals surface area contributed by atoms with Crippen molar-refractivity contribution >= 4 is 28.5 Å². The molecule has 0 aliphatic carbocycles. The van der Waals surface area contributed by atoms with Crippen LogP contribution in [0.2, 0.25) is 0 Å². The Morgan fingerprint density at radius 3 is 2.53 bits per heavy atom. The van der Waals surface area contributed by atoms with Gasteiger partial charge in [-0.05, 0) is 52.8 Å². The van der Waals surface area contributed by atoms with E-state index >= 15 is 0 Å². The van der Waals surface area contributed by atoms with Crippen LogP contribution >= 0.6 is 22.6 Å². The van der Waals surface area contributed by atoms with Crippen LogP contribution in [-0.4, -0.2) is 24.4 Å². The Morgan fingerprint density at radius 1 is 1.11 bits per heavy atom. The number of nitrogens with zero attached hydrogens (tertiary/aromatic N) is 1. The maximum atomic E-state index is 12.2. The van der Waals surface area contributed by atoms with Crippen LogP contribution in [-0.2, 0) is 6.42 Å². The third kappa shape index (κ3) is 4.06. The average Bonchev–Trinajstić information content (AvgIpc) is 2.45. The number of hydrogen-bond donors (Lipinski definition) is 0. The molecule has 0 fully saturated rings. The van der Waals surface area contributed by atoms with Gasteiger partial charge in [0.05, 0.1) is 0 Å². The molecular formula is C16H16INO. The van der Waals surface area contributed by atoms with Gasteiger partial charge in [-0.25, -0.2) is 0 Å². The van der Waals surface area contributed by atoms with Gasteiger partial charge >= 0.3 is 0 Å². The van der Waals surface area contributed by atoms with Gasteiger partial charge in [-0.3, -0.25) is 4.79 Å². The van der Waals surface area contributed by atoms with E-state index in [1.807, 2.05) is 49.5 Å². The summed E-state index contributed by atoms with van der Waals surface area (Å²) in [5.41, 5.74) is 2.01. The third-order valence-electron chi connectivity index (χ3n) is 3.00. The fourth-order valence-electron chi connectivity index (χ4n) is 1.88. The molecule has 0 radical (unpaired) electrons. The summed E-state index contributed by atoms with van der Waals surface area (Å²) in [6.07, 6.45) is 0.882. The molecule has 0 aliphatic heterocycles. The SMILES string of the molecule is CN(CCc1ccccc1)C(=O)c1cccc(I)c1. The molecular weight excluding hydrogens is 349 g/mol. The zero-order chi connectivity index (χ0) is 13.7. The number of likely N-dealkylation sites (N-methyl/N-ethyl adjacent to an activating group) is 1. The van der Waals surface area contributed by atoms with E-state index in [0.717, 1.165) is 22.1 Å². The second kappa shape index (κ2) is 6.70. The Morgan fingerprint density at radius 2 is 1.84 bits per heavy atom. The lowest BCUT2D eigenvalue weighted by Gasteiger charge is -2.17. The minimum atomic E-state index is 0.0782. The molecule has 0 saturated heterocycles. The highest BCUT2D eigenvalue weighted by atomic mass is 127. The highest BCUT2D eigenvalue weighted by molar-refractivity contribution is 14.1. The summed E-state index contributed by atoms with van der Waals surface area (Å²) in [5.74, 6) is 0.0782. The van der Waals surface area contributed by atoms with Gasteiger partial charge in [-0.2, -0.15) is 0 Å². The molecule has 3 heteroatoms. The zero-order valence-corrected chi connectivity index (χ0v) is 13.0. The van der Waals surface area contributed by atoms with Crippen molar-refractivity contribution < 1.29 is 4.79 Å². The van der Waals surface area contributed by atoms with Crippen LogP contribution in [0.4, 0.5) is 0 Å². The topological polar surface area (TPSA) is 20.3 Å². The van der Waals surface area contributed by atoms with Crippen molar-refractivity contribution in [1.29, 1.82) is 0 Å². The smallest absolute Gasteiger partial charge is 0.253 e. The summed E-state index contributed by atoms with van der Waals surface area (Å²) in [6, 6.07) is 17.9. The van der Waals surface area contributed by atoms with E-state index in [1.54, 1.807) is 4.90 Å². The first-order chi connectivity index (χ1) is 9.16. The highest BCUT2D eigenvalue weighted by Crippen LogP contribution is 2.10. The minimum absolute atomic E-state index is 0.0782.